The first-order chi connectivity index (χ1) is 7.32. The third-order valence-electron chi connectivity index (χ3n) is 3.31. The fraction of sp³-hybridized carbons (Fsp3) is 0.462. The van der Waals surface area contributed by atoms with Gasteiger partial charge in [0.25, 0.3) is 0 Å². The van der Waals surface area contributed by atoms with Gasteiger partial charge in [0, 0.05) is 7.11 Å². The number of hydrogen-bond acceptors (Lipinski definition) is 2. The van der Waals surface area contributed by atoms with Gasteiger partial charge in [-0.05, 0) is 18.4 Å². The Hall–Kier alpha value is -1.33. The van der Waals surface area contributed by atoms with E-state index < -0.39 is 0 Å². The predicted molar refractivity (Wildman–Crippen MR) is 58.1 cm³/mol. The van der Waals surface area contributed by atoms with Crippen LogP contribution in [0, 0.1) is 16.7 Å². The highest BCUT2D eigenvalue weighted by molar-refractivity contribution is 5.24. The van der Waals surface area contributed by atoms with Gasteiger partial charge >= 0.3 is 0 Å². The molecule has 0 N–H and O–H groups in total. The van der Waals surface area contributed by atoms with Crippen LogP contribution in [0.4, 0.5) is 0 Å². The molecule has 0 bridgehead atoms. The molecule has 1 unspecified atom stereocenters. The van der Waals surface area contributed by atoms with Crippen LogP contribution in [0.15, 0.2) is 30.3 Å². The molecule has 0 radical (unpaired) electrons. The zero-order valence-electron chi connectivity index (χ0n) is 8.94. The van der Waals surface area contributed by atoms with Crippen LogP contribution in [-0.4, -0.2) is 7.11 Å². The molecule has 1 aromatic carbocycles. The molecule has 2 rings (SSSR count). The summed E-state index contributed by atoms with van der Waals surface area (Å²) in [6.07, 6.45) is 2.98. The molecule has 0 aromatic heterocycles. The number of nitriles is 1. The van der Waals surface area contributed by atoms with Crippen LogP contribution >= 0.6 is 0 Å². The summed E-state index contributed by atoms with van der Waals surface area (Å²) in [6, 6.07) is 12.5. The summed E-state index contributed by atoms with van der Waals surface area (Å²) in [4.78, 5) is 0. The molecule has 1 saturated carbocycles. The third-order valence-corrected chi connectivity index (χ3v) is 3.31. The van der Waals surface area contributed by atoms with E-state index in [0.29, 0.717) is 0 Å². The molecular weight excluding hydrogens is 186 g/mol. The highest BCUT2D eigenvalue weighted by Crippen LogP contribution is 2.51. The Balaban J connectivity index is 2.29. The predicted octanol–water partition coefficient (Wildman–Crippen LogP) is 3.07. The zero-order chi connectivity index (χ0) is 10.7. The van der Waals surface area contributed by atoms with Gasteiger partial charge in [0.1, 0.15) is 6.10 Å². The molecule has 0 spiro atoms. The van der Waals surface area contributed by atoms with Gasteiger partial charge in [-0.25, -0.2) is 0 Å². The lowest BCUT2D eigenvalue weighted by molar-refractivity contribution is -0.0262. The first-order valence-electron chi connectivity index (χ1n) is 5.31. The number of hydrogen-bond donors (Lipinski definition) is 0. The number of ether oxygens (including phenoxy) is 1. The molecule has 78 valence electrons. The van der Waals surface area contributed by atoms with E-state index in [9.17, 15) is 5.26 Å². The van der Waals surface area contributed by atoms with Gasteiger partial charge in [0.15, 0.2) is 0 Å². The van der Waals surface area contributed by atoms with Crippen LogP contribution in [0.2, 0.25) is 0 Å². The van der Waals surface area contributed by atoms with Gasteiger partial charge in [0.2, 0.25) is 0 Å². The van der Waals surface area contributed by atoms with Crippen molar-refractivity contribution in [2.75, 3.05) is 7.11 Å². The molecule has 1 atom stereocenters. The molecule has 2 nitrogen and oxygen atoms in total. The maximum Gasteiger partial charge on any atom is 0.101 e. The van der Waals surface area contributed by atoms with Gasteiger partial charge in [-0.2, -0.15) is 5.26 Å². The SMILES string of the molecule is COC(c1ccccc1)C1(C#N)CCC1. The van der Waals surface area contributed by atoms with Crippen molar-refractivity contribution in [3.05, 3.63) is 35.9 Å². The number of benzene rings is 1. The number of nitrogens with zero attached hydrogens (tertiary/aromatic N) is 1. The lowest BCUT2D eigenvalue weighted by Gasteiger charge is -2.41. The van der Waals surface area contributed by atoms with Gasteiger partial charge in [-0.15, -0.1) is 0 Å². The molecule has 0 amide bonds. The van der Waals surface area contributed by atoms with Crippen molar-refractivity contribution in [2.24, 2.45) is 5.41 Å². The summed E-state index contributed by atoms with van der Waals surface area (Å²) in [6.45, 7) is 0. The Morgan fingerprint density at radius 1 is 1.33 bits per heavy atom. The van der Waals surface area contributed by atoms with E-state index in [2.05, 4.69) is 6.07 Å². The van der Waals surface area contributed by atoms with Crippen molar-refractivity contribution < 1.29 is 4.74 Å². The van der Waals surface area contributed by atoms with Crippen molar-refractivity contribution in [1.82, 2.24) is 0 Å². The van der Waals surface area contributed by atoms with Crippen LogP contribution in [0.3, 0.4) is 0 Å². The Bertz CT molecular complexity index is 362. The van der Waals surface area contributed by atoms with Crippen LogP contribution in [0.5, 0.6) is 0 Å². The minimum Gasteiger partial charge on any atom is -0.375 e. The van der Waals surface area contributed by atoms with Crippen molar-refractivity contribution in [3.8, 4) is 6.07 Å². The largest absolute Gasteiger partial charge is 0.375 e. The van der Waals surface area contributed by atoms with Gasteiger partial charge in [-0.3, -0.25) is 0 Å². The van der Waals surface area contributed by atoms with Crippen LogP contribution in [-0.2, 0) is 4.74 Å². The van der Waals surface area contributed by atoms with Crippen molar-refractivity contribution in [1.29, 1.82) is 5.26 Å². The van der Waals surface area contributed by atoms with Crippen LogP contribution in [0.25, 0.3) is 0 Å². The van der Waals surface area contributed by atoms with Crippen molar-refractivity contribution in [2.45, 2.75) is 25.4 Å². The Morgan fingerprint density at radius 2 is 2.00 bits per heavy atom. The highest BCUT2D eigenvalue weighted by Gasteiger charge is 2.45. The summed E-state index contributed by atoms with van der Waals surface area (Å²) in [5.74, 6) is 0. The second-order valence-electron chi connectivity index (χ2n) is 4.15. The average Bonchev–Trinajstić information content (AvgIpc) is 2.24. The normalized spacial score (nSPS) is 20.0. The number of rotatable bonds is 3. The summed E-state index contributed by atoms with van der Waals surface area (Å²) in [5, 5.41) is 9.27. The van der Waals surface area contributed by atoms with E-state index in [0.717, 1.165) is 24.8 Å². The first kappa shape index (κ1) is 10.2. The van der Waals surface area contributed by atoms with E-state index in [4.69, 9.17) is 4.74 Å². The average molecular weight is 201 g/mol. The molecule has 0 saturated heterocycles. The van der Waals surface area contributed by atoms with E-state index in [1.165, 1.54) is 0 Å². The minimum atomic E-state index is -0.282. The molecule has 1 aliphatic rings. The summed E-state index contributed by atoms with van der Waals surface area (Å²) < 4.78 is 5.51. The Morgan fingerprint density at radius 3 is 2.40 bits per heavy atom. The topological polar surface area (TPSA) is 33.0 Å². The van der Waals surface area contributed by atoms with E-state index in [-0.39, 0.29) is 11.5 Å². The minimum absolute atomic E-state index is 0.0718. The second-order valence-corrected chi connectivity index (χ2v) is 4.15. The molecule has 1 fully saturated rings. The maximum absolute atomic E-state index is 9.27. The monoisotopic (exact) mass is 201 g/mol. The van der Waals surface area contributed by atoms with Crippen LogP contribution in [0.1, 0.15) is 30.9 Å². The molecule has 1 aliphatic carbocycles. The van der Waals surface area contributed by atoms with Gasteiger partial charge in [-0.1, -0.05) is 36.8 Å². The maximum atomic E-state index is 9.27. The second kappa shape index (κ2) is 4.04. The molecule has 1 aromatic rings. The van der Waals surface area contributed by atoms with Crippen molar-refractivity contribution >= 4 is 0 Å². The lowest BCUT2D eigenvalue weighted by atomic mass is 9.64. The molecule has 0 aliphatic heterocycles. The lowest BCUT2D eigenvalue weighted by Crippen LogP contribution is -2.35. The summed E-state index contributed by atoms with van der Waals surface area (Å²) in [7, 11) is 1.69. The van der Waals surface area contributed by atoms with E-state index in [1.54, 1.807) is 7.11 Å². The fourth-order valence-electron chi connectivity index (χ4n) is 2.30. The zero-order valence-corrected chi connectivity index (χ0v) is 8.94. The van der Waals surface area contributed by atoms with Crippen LogP contribution < -0.4 is 0 Å². The molecule has 0 heterocycles. The third kappa shape index (κ3) is 1.64. The summed E-state index contributed by atoms with van der Waals surface area (Å²) >= 11 is 0. The fourth-order valence-corrected chi connectivity index (χ4v) is 2.30. The van der Waals surface area contributed by atoms with E-state index >= 15 is 0 Å². The molecule has 2 heteroatoms. The molecular formula is C13H15NO. The Kier molecular flexibility index (Phi) is 2.75. The quantitative estimate of drug-likeness (QED) is 0.753. The number of methoxy groups -OCH3 is 1. The van der Waals surface area contributed by atoms with E-state index in [1.807, 2.05) is 30.3 Å². The van der Waals surface area contributed by atoms with Gasteiger partial charge in [0.05, 0.1) is 11.5 Å². The summed E-state index contributed by atoms with van der Waals surface area (Å²) in [5.41, 5.74) is 0.831. The smallest absolute Gasteiger partial charge is 0.101 e. The standard InChI is InChI=1S/C13H15NO/c1-15-12(11-6-3-2-4-7-11)13(10-14)8-5-9-13/h2-4,6-7,12H,5,8-9H2,1H3. The Labute approximate surface area is 90.5 Å². The highest BCUT2D eigenvalue weighted by atomic mass is 16.5. The van der Waals surface area contributed by atoms with Crippen molar-refractivity contribution in [3.63, 3.8) is 0 Å². The van der Waals surface area contributed by atoms with Gasteiger partial charge < -0.3 is 4.74 Å². The first-order valence-corrected chi connectivity index (χ1v) is 5.31. The molecule has 15 heavy (non-hydrogen) atoms.